The van der Waals surface area contributed by atoms with Crippen LogP contribution in [-0.4, -0.2) is 23.8 Å². The van der Waals surface area contributed by atoms with Gasteiger partial charge >= 0.3 is 0 Å². The number of aldehydes is 1. The third-order valence-electron chi connectivity index (χ3n) is 1.96. The van der Waals surface area contributed by atoms with Gasteiger partial charge in [-0.3, -0.25) is 9.59 Å². The van der Waals surface area contributed by atoms with Crippen LogP contribution < -0.4 is 5.32 Å². The zero-order valence-electron chi connectivity index (χ0n) is 8.93. The molecule has 0 spiro atoms. The maximum Gasteiger partial charge on any atom is 0.217 e. The fourth-order valence-electron chi connectivity index (χ4n) is 1.16. The second kappa shape index (κ2) is 5.70. The molecule has 0 aliphatic carbocycles. The van der Waals surface area contributed by atoms with E-state index < -0.39 is 0 Å². The van der Waals surface area contributed by atoms with Gasteiger partial charge in [-0.25, -0.2) is 0 Å². The summed E-state index contributed by atoms with van der Waals surface area (Å²) < 4.78 is 0. The number of benzene rings is 1. The SMILES string of the molecule is CC(=O)NCC=Cc1ccc(C=O)c(O)c1. The first-order chi connectivity index (χ1) is 7.63. The summed E-state index contributed by atoms with van der Waals surface area (Å²) >= 11 is 0. The standard InChI is InChI=1S/C12H13NO3/c1-9(15)13-6-2-3-10-4-5-11(8-14)12(16)7-10/h2-5,7-8,16H,6H2,1H3,(H,13,15). The van der Waals surface area contributed by atoms with Crippen molar-refractivity contribution in [2.24, 2.45) is 0 Å². The normalized spacial score (nSPS) is 10.3. The topological polar surface area (TPSA) is 66.4 Å². The second-order valence-corrected chi connectivity index (χ2v) is 3.28. The van der Waals surface area contributed by atoms with Crippen LogP contribution in [0.5, 0.6) is 5.75 Å². The summed E-state index contributed by atoms with van der Waals surface area (Å²) in [5.74, 6) is -0.138. The van der Waals surface area contributed by atoms with Gasteiger partial charge in [-0.1, -0.05) is 18.2 Å². The molecule has 4 nitrogen and oxygen atoms in total. The minimum atomic E-state index is -0.0937. The molecule has 0 heterocycles. The molecule has 0 bridgehead atoms. The van der Waals surface area contributed by atoms with Crippen LogP contribution in [0.3, 0.4) is 0 Å². The molecule has 84 valence electrons. The molecule has 0 saturated carbocycles. The highest BCUT2D eigenvalue weighted by atomic mass is 16.3. The van der Waals surface area contributed by atoms with Gasteiger partial charge in [-0.15, -0.1) is 0 Å². The van der Waals surface area contributed by atoms with Gasteiger partial charge in [0.05, 0.1) is 5.56 Å². The predicted molar refractivity (Wildman–Crippen MR) is 61.2 cm³/mol. The van der Waals surface area contributed by atoms with Crippen molar-refractivity contribution in [1.82, 2.24) is 5.32 Å². The summed E-state index contributed by atoms with van der Waals surface area (Å²) in [5.41, 5.74) is 1.03. The number of phenols is 1. The number of phenolic OH excluding ortho intramolecular Hbond substituents is 1. The van der Waals surface area contributed by atoms with Gasteiger partial charge in [0.2, 0.25) is 5.91 Å². The van der Waals surface area contributed by atoms with Gasteiger partial charge < -0.3 is 10.4 Å². The molecule has 0 atom stereocenters. The number of carbonyl (C=O) groups is 2. The van der Waals surface area contributed by atoms with Gasteiger partial charge in [-0.05, 0) is 17.7 Å². The minimum absolute atomic E-state index is 0.0447. The van der Waals surface area contributed by atoms with Crippen molar-refractivity contribution in [3.8, 4) is 5.75 Å². The Morgan fingerprint density at radius 1 is 1.50 bits per heavy atom. The van der Waals surface area contributed by atoms with Crippen LogP contribution in [0.1, 0.15) is 22.8 Å². The molecule has 0 aliphatic heterocycles. The Morgan fingerprint density at radius 2 is 2.25 bits per heavy atom. The van der Waals surface area contributed by atoms with Gasteiger partial charge in [0, 0.05) is 13.5 Å². The zero-order valence-corrected chi connectivity index (χ0v) is 8.93. The summed E-state index contributed by atoms with van der Waals surface area (Å²) in [6.45, 7) is 1.88. The minimum Gasteiger partial charge on any atom is -0.507 e. The lowest BCUT2D eigenvalue weighted by atomic mass is 10.1. The van der Waals surface area contributed by atoms with E-state index in [0.29, 0.717) is 12.8 Å². The number of rotatable bonds is 4. The molecule has 4 heteroatoms. The van der Waals surface area contributed by atoms with E-state index in [9.17, 15) is 14.7 Å². The quantitative estimate of drug-likeness (QED) is 0.751. The van der Waals surface area contributed by atoms with E-state index in [0.717, 1.165) is 5.56 Å². The molecule has 1 aromatic carbocycles. The Labute approximate surface area is 93.6 Å². The van der Waals surface area contributed by atoms with Crippen molar-refractivity contribution >= 4 is 18.3 Å². The maximum atomic E-state index is 10.6. The summed E-state index contributed by atoms with van der Waals surface area (Å²) in [6, 6.07) is 4.75. The van der Waals surface area contributed by atoms with Gasteiger partial charge in [0.1, 0.15) is 5.75 Å². The van der Waals surface area contributed by atoms with Gasteiger partial charge in [-0.2, -0.15) is 0 Å². The predicted octanol–water partition coefficient (Wildman–Crippen LogP) is 1.35. The number of aromatic hydroxyl groups is 1. The van der Waals surface area contributed by atoms with Crippen molar-refractivity contribution < 1.29 is 14.7 Å². The molecule has 0 saturated heterocycles. The van der Waals surface area contributed by atoms with Crippen LogP contribution >= 0.6 is 0 Å². The first-order valence-electron chi connectivity index (χ1n) is 4.82. The maximum absolute atomic E-state index is 10.6. The summed E-state index contributed by atoms with van der Waals surface area (Å²) in [4.78, 5) is 21.0. The molecule has 0 radical (unpaired) electrons. The molecule has 0 aliphatic rings. The number of carbonyl (C=O) groups excluding carboxylic acids is 2. The summed E-state index contributed by atoms with van der Waals surface area (Å²) in [6.07, 6.45) is 4.11. The number of hydrogen-bond acceptors (Lipinski definition) is 3. The van der Waals surface area contributed by atoms with E-state index in [1.165, 1.54) is 13.0 Å². The van der Waals surface area contributed by atoms with E-state index in [1.807, 2.05) is 0 Å². The first kappa shape index (κ1) is 12.0. The molecule has 1 aromatic rings. The van der Waals surface area contributed by atoms with E-state index in [-0.39, 0.29) is 17.2 Å². The molecule has 1 rings (SSSR count). The average molecular weight is 219 g/mol. The van der Waals surface area contributed by atoms with E-state index in [4.69, 9.17) is 0 Å². The van der Waals surface area contributed by atoms with Crippen molar-refractivity contribution in [2.45, 2.75) is 6.92 Å². The lowest BCUT2D eigenvalue weighted by molar-refractivity contribution is -0.118. The number of amides is 1. The average Bonchev–Trinajstić information content (AvgIpc) is 2.24. The van der Waals surface area contributed by atoms with Crippen molar-refractivity contribution in [2.75, 3.05) is 6.54 Å². The van der Waals surface area contributed by atoms with E-state index in [2.05, 4.69) is 5.32 Å². The summed E-state index contributed by atoms with van der Waals surface area (Å²) in [5, 5.41) is 12.0. The number of hydrogen-bond donors (Lipinski definition) is 2. The van der Waals surface area contributed by atoms with Crippen LogP contribution in [0.2, 0.25) is 0 Å². The smallest absolute Gasteiger partial charge is 0.217 e. The number of nitrogens with one attached hydrogen (secondary N) is 1. The van der Waals surface area contributed by atoms with Crippen LogP contribution in [-0.2, 0) is 4.79 Å². The molecule has 1 amide bonds. The van der Waals surface area contributed by atoms with Crippen molar-refractivity contribution in [3.05, 3.63) is 35.4 Å². The zero-order chi connectivity index (χ0) is 12.0. The Balaban J connectivity index is 2.64. The van der Waals surface area contributed by atoms with Crippen molar-refractivity contribution in [1.29, 1.82) is 0 Å². The third kappa shape index (κ3) is 3.57. The molecule has 2 N–H and O–H groups in total. The monoisotopic (exact) mass is 219 g/mol. The molecular weight excluding hydrogens is 206 g/mol. The van der Waals surface area contributed by atoms with Gasteiger partial charge in [0.25, 0.3) is 0 Å². The Kier molecular flexibility index (Phi) is 4.27. The summed E-state index contributed by atoms with van der Waals surface area (Å²) in [7, 11) is 0. The van der Waals surface area contributed by atoms with Crippen molar-refractivity contribution in [3.63, 3.8) is 0 Å². The lowest BCUT2D eigenvalue weighted by Crippen LogP contribution is -2.19. The third-order valence-corrected chi connectivity index (χ3v) is 1.96. The molecular formula is C12H13NO3. The highest BCUT2D eigenvalue weighted by molar-refractivity contribution is 5.80. The molecule has 0 unspecified atom stereocenters. The highest BCUT2D eigenvalue weighted by Crippen LogP contribution is 2.17. The lowest BCUT2D eigenvalue weighted by Gasteiger charge is -1.99. The van der Waals surface area contributed by atoms with E-state index >= 15 is 0 Å². The Bertz CT molecular complexity index is 424. The Hall–Kier alpha value is -2.10. The van der Waals surface area contributed by atoms with Crippen LogP contribution in [0.4, 0.5) is 0 Å². The fraction of sp³-hybridized carbons (Fsp3) is 0.167. The van der Waals surface area contributed by atoms with Crippen LogP contribution in [0.15, 0.2) is 24.3 Å². The van der Waals surface area contributed by atoms with Crippen LogP contribution in [0.25, 0.3) is 6.08 Å². The van der Waals surface area contributed by atoms with Crippen LogP contribution in [0, 0.1) is 0 Å². The first-order valence-corrected chi connectivity index (χ1v) is 4.82. The van der Waals surface area contributed by atoms with Gasteiger partial charge in [0.15, 0.2) is 6.29 Å². The molecule has 0 aromatic heterocycles. The highest BCUT2D eigenvalue weighted by Gasteiger charge is 1.98. The molecule has 0 fully saturated rings. The fourth-order valence-corrected chi connectivity index (χ4v) is 1.16. The Morgan fingerprint density at radius 3 is 2.81 bits per heavy atom. The second-order valence-electron chi connectivity index (χ2n) is 3.28. The van der Waals surface area contributed by atoms with E-state index in [1.54, 1.807) is 24.3 Å². The molecule has 16 heavy (non-hydrogen) atoms. The largest absolute Gasteiger partial charge is 0.507 e.